The first-order valence-electron chi connectivity index (χ1n) is 7.11. The fourth-order valence-corrected chi connectivity index (χ4v) is 5.92. The molecule has 0 spiro atoms. The number of thiophene rings is 1. The second-order valence-corrected chi connectivity index (χ2v) is 9.01. The predicted octanol–water partition coefficient (Wildman–Crippen LogP) is 1.97. The molecule has 2 rings (SSSR count). The van der Waals surface area contributed by atoms with Gasteiger partial charge in [0.25, 0.3) is 0 Å². The van der Waals surface area contributed by atoms with Gasteiger partial charge in [0.05, 0.1) is 10.5 Å². The van der Waals surface area contributed by atoms with Gasteiger partial charge in [-0.05, 0) is 39.8 Å². The maximum absolute atomic E-state index is 12.9. The zero-order chi connectivity index (χ0) is 15.7. The molecule has 0 amide bonds. The van der Waals surface area contributed by atoms with E-state index in [1.165, 1.54) is 11.3 Å². The molecule has 21 heavy (non-hydrogen) atoms. The molecule has 1 aliphatic rings. The molecule has 0 bridgehead atoms. The summed E-state index contributed by atoms with van der Waals surface area (Å²) in [6.45, 7) is 5.52. The van der Waals surface area contributed by atoms with E-state index in [0.29, 0.717) is 24.5 Å². The number of nitrogens with zero attached hydrogens (tertiary/aromatic N) is 1. The lowest BCUT2D eigenvalue weighted by atomic mass is 9.96. The van der Waals surface area contributed by atoms with Crippen molar-refractivity contribution in [2.24, 2.45) is 0 Å². The lowest BCUT2D eigenvalue weighted by Crippen LogP contribution is -2.49. The van der Waals surface area contributed by atoms with Gasteiger partial charge in [0, 0.05) is 36.5 Å². The van der Waals surface area contributed by atoms with Gasteiger partial charge in [0.1, 0.15) is 0 Å². The molecule has 0 aromatic carbocycles. The standard InChI is InChI=1S/C14H24N2O3S2/c1-11-13(8-12(20-11)9-15-3)21(17,18)16-7-5-6-14(2,10-16)19-4/h8,15H,5-7,9-10H2,1-4H3. The van der Waals surface area contributed by atoms with Crippen LogP contribution < -0.4 is 5.32 Å². The average molecular weight is 332 g/mol. The van der Waals surface area contributed by atoms with Gasteiger partial charge in [-0.25, -0.2) is 8.42 Å². The third-order valence-corrected chi connectivity index (χ3v) is 7.16. The number of piperidine rings is 1. The number of methoxy groups -OCH3 is 1. The van der Waals surface area contributed by atoms with Gasteiger partial charge in [-0.1, -0.05) is 0 Å². The topological polar surface area (TPSA) is 58.6 Å². The molecule has 2 heterocycles. The van der Waals surface area contributed by atoms with Gasteiger partial charge in [0.2, 0.25) is 10.0 Å². The zero-order valence-corrected chi connectivity index (χ0v) is 14.7. The van der Waals surface area contributed by atoms with Crippen LogP contribution in [0.2, 0.25) is 0 Å². The molecule has 1 fully saturated rings. The largest absolute Gasteiger partial charge is 0.377 e. The summed E-state index contributed by atoms with van der Waals surface area (Å²) in [5.41, 5.74) is -0.386. The summed E-state index contributed by atoms with van der Waals surface area (Å²) in [6.07, 6.45) is 1.72. The van der Waals surface area contributed by atoms with Crippen molar-refractivity contribution in [3.05, 3.63) is 15.8 Å². The molecule has 1 unspecified atom stereocenters. The summed E-state index contributed by atoms with van der Waals surface area (Å²) in [6, 6.07) is 1.80. The van der Waals surface area contributed by atoms with Crippen molar-refractivity contribution in [1.82, 2.24) is 9.62 Å². The highest BCUT2D eigenvalue weighted by Crippen LogP contribution is 2.32. The normalized spacial score (nSPS) is 24.4. The number of aryl methyl sites for hydroxylation is 1. The number of hydrogen-bond acceptors (Lipinski definition) is 5. The maximum Gasteiger partial charge on any atom is 0.244 e. The van der Waals surface area contributed by atoms with E-state index in [1.54, 1.807) is 17.5 Å². The molecule has 1 atom stereocenters. The smallest absolute Gasteiger partial charge is 0.244 e. The Kier molecular flexibility index (Phi) is 5.10. The molecule has 0 aliphatic carbocycles. The lowest BCUT2D eigenvalue weighted by molar-refractivity contribution is -0.0319. The van der Waals surface area contributed by atoms with E-state index in [0.717, 1.165) is 22.6 Å². The molecule has 120 valence electrons. The predicted molar refractivity (Wildman–Crippen MR) is 85.2 cm³/mol. The van der Waals surface area contributed by atoms with E-state index in [-0.39, 0.29) is 5.60 Å². The van der Waals surface area contributed by atoms with Crippen LogP contribution in [0.4, 0.5) is 0 Å². The number of hydrogen-bond donors (Lipinski definition) is 1. The highest BCUT2D eigenvalue weighted by Gasteiger charge is 2.38. The molecule has 1 saturated heterocycles. The first-order valence-corrected chi connectivity index (χ1v) is 9.37. The number of ether oxygens (including phenoxy) is 1. The van der Waals surface area contributed by atoms with Crippen molar-refractivity contribution in [3.8, 4) is 0 Å². The van der Waals surface area contributed by atoms with Crippen LogP contribution in [0.1, 0.15) is 29.5 Å². The van der Waals surface area contributed by atoms with Gasteiger partial charge in [-0.2, -0.15) is 4.31 Å². The lowest BCUT2D eigenvalue weighted by Gasteiger charge is -2.38. The fraction of sp³-hybridized carbons (Fsp3) is 0.714. The molecule has 1 aliphatic heterocycles. The monoisotopic (exact) mass is 332 g/mol. The van der Waals surface area contributed by atoms with Crippen molar-refractivity contribution in [1.29, 1.82) is 0 Å². The third kappa shape index (κ3) is 3.48. The van der Waals surface area contributed by atoms with Crippen LogP contribution in [-0.2, 0) is 21.3 Å². The minimum atomic E-state index is -3.44. The Morgan fingerprint density at radius 1 is 1.52 bits per heavy atom. The Morgan fingerprint density at radius 3 is 2.86 bits per heavy atom. The van der Waals surface area contributed by atoms with Gasteiger partial charge < -0.3 is 10.1 Å². The molecular formula is C14H24N2O3S2. The third-order valence-electron chi connectivity index (χ3n) is 4.01. The molecule has 7 heteroatoms. The molecular weight excluding hydrogens is 308 g/mol. The van der Waals surface area contributed by atoms with E-state index in [2.05, 4.69) is 5.32 Å². The molecule has 1 aromatic heterocycles. The SMILES string of the molecule is CNCc1cc(S(=O)(=O)N2CCCC(C)(OC)C2)c(C)s1. The van der Waals surface area contributed by atoms with Crippen LogP contribution in [0.5, 0.6) is 0 Å². The minimum absolute atomic E-state index is 0.386. The summed E-state index contributed by atoms with van der Waals surface area (Å²) in [4.78, 5) is 2.34. The van der Waals surface area contributed by atoms with Crippen molar-refractivity contribution < 1.29 is 13.2 Å². The zero-order valence-electron chi connectivity index (χ0n) is 13.1. The van der Waals surface area contributed by atoms with Crippen molar-refractivity contribution >= 4 is 21.4 Å². The van der Waals surface area contributed by atoms with Crippen molar-refractivity contribution in [2.75, 3.05) is 27.2 Å². The Morgan fingerprint density at radius 2 is 2.24 bits per heavy atom. The molecule has 0 radical (unpaired) electrons. The van der Waals surface area contributed by atoms with Crippen LogP contribution in [0.15, 0.2) is 11.0 Å². The van der Waals surface area contributed by atoms with E-state index < -0.39 is 10.0 Å². The minimum Gasteiger partial charge on any atom is -0.377 e. The van der Waals surface area contributed by atoms with Gasteiger partial charge in [0.15, 0.2) is 0 Å². The number of sulfonamides is 1. The van der Waals surface area contributed by atoms with Crippen molar-refractivity contribution in [2.45, 2.75) is 43.7 Å². The molecule has 0 saturated carbocycles. The van der Waals surface area contributed by atoms with E-state index >= 15 is 0 Å². The van der Waals surface area contributed by atoms with E-state index in [9.17, 15) is 8.42 Å². The summed E-state index contributed by atoms with van der Waals surface area (Å²) in [5.74, 6) is 0. The van der Waals surface area contributed by atoms with Crippen LogP contribution in [-0.4, -0.2) is 45.6 Å². The molecule has 1 aromatic rings. The van der Waals surface area contributed by atoms with Gasteiger partial charge in [-0.15, -0.1) is 11.3 Å². The quantitative estimate of drug-likeness (QED) is 0.895. The highest BCUT2D eigenvalue weighted by atomic mass is 32.2. The maximum atomic E-state index is 12.9. The Balaban J connectivity index is 2.29. The van der Waals surface area contributed by atoms with E-state index in [4.69, 9.17) is 4.74 Å². The average Bonchev–Trinajstić information content (AvgIpc) is 2.81. The molecule has 5 nitrogen and oxygen atoms in total. The molecule has 1 N–H and O–H groups in total. The van der Waals surface area contributed by atoms with Gasteiger partial charge >= 0.3 is 0 Å². The van der Waals surface area contributed by atoms with Crippen LogP contribution in [0, 0.1) is 6.92 Å². The Bertz CT molecular complexity index is 597. The Labute approximate surface area is 131 Å². The number of rotatable bonds is 5. The summed E-state index contributed by atoms with van der Waals surface area (Å²) in [7, 11) is 0.0734. The van der Waals surface area contributed by atoms with E-state index in [1.807, 2.05) is 20.9 Å². The summed E-state index contributed by atoms with van der Waals surface area (Å²) < 4.78 is 32.8. The number of nitrogens with one attached hydrogen (secondary N) is 1. The first-order chi connectivity index (χ1) is 9.82. The second kappa shape index (κ2) is 6.34. The first kappa shape index (κ1) is 16.9. The van der Waals surface area contributed by atoms with Crippen LogP contribution in [0.3, 0.4) is 0 Å². The summed E-state index contributed by atoms with van der Waals surface area (Å²) >= 11 is 1.54. The highest BCUT2D eigenvalue weighted by molar-refractivity contribution is 7.89. The van der Waals surface area contributed by atoms with Crippen molar-refractivity contribution in [3.63, 3.8) is 0 Å². The van der Waals surface area contributed by atoms with Crippen LogP contribution in [0.25, 0.3) is 0 Å². The fourth-order valence-electron chi connectivity index (χ4n) is 2.71. The summed E-state index contributed by atoms with van der Waals surface area (Å²) in [5, 5.41) is 3.06. The van der Waals surface area contributed by atoms with Gasteiger partial charge in [-0.3, -0.25) is 0 Å². The van der Waals surface area contributed by atoms with Crippen LogP contribution >= 0.6 is 11.3 Å². The second-order valence-electron chi connectivity index (χ2n) is 5.76. The Hall–Kier alpha value is -0.470.